The second-order valence-electron chi connectivity index (χ2n) is 3.45. The fraction of sp³-hybridized carbons (Fsp3) is 0.455. The molecular formula is C11H15ClO. The van der Waals surface area contributed by atoms with Crippen LogP contribution in [0.3, 0.4) is 0 Å². The predicted molar refractivity (Wildman–Crippen MR) is 56.3 cm³/mol. The Balaban J connectivity index is 3.56. The lowest BCUT2D eigenvalue weighted by Gasteiger charge is -2.15. The Kier molecular flexibility index (Phi) is 2.99. The number of aliphatic hydroxyl groups excluding tert-OH is 1. The summed E-state index contributed by atoms with van der Waals surface area (Å²) in [6.45, 7) is 8.09. The molecule has 1 aromatic rings. The second-order valence-corrected chi connectivity index (χ2v) is 3.83. The zero-order valence-electron chi connectivity index (χ0n) is 8.53. The summed E-state index contributed by atoms with van der Waals surface area (Å²) in [5.41, 5.74) is 5.42. The lowest BCUT2D eigenvalue weighted by Crippen LogP contribution is -2.00. The summed E-state index contributed by atoms with van der Waals surface area (Å²) in [5.74, 6) is 0. The van der Waals surface area contributed by atoms with Gasteiger partial charge in [0.1, 0.15) is 0 Å². The quantitative estimate of drug-likeness (QED) is 0.736. The first kappa shape index (κ1) is 10.6. The van der Waals surface area contributed by atoms with Crippen molar-refractivity contribution < 1.29 is 5.11 Å². The molecule has 0 fully saturated rings. The van der Waals surface area contributed by atoms with Gasteiger partial charge in [-0.2, -0.15) is 0 Å². The first-order chi connectivity index (χ1) is 6.00. The van der Waals surface area contributed by atoms with Crippen molar-refractivity contribution >= 4 is 11.6 Å². The highest BCUT2D eigenvalue weighted by Gasteiger charge is 2.11. The summed E-state index contributed by atoms with van der Waals surface area (Å²) >= 11 is 6.13. The Hall–Kier alpha value is -0.530. The van der Waals surface area contributed by atoms with E-state index in [2.05, 4.69) is 0 Å². The van der Waals surface area contributed by atoms with Gasteiger partial charge in [0, 0.05) is 5.02 Å². The molecule has 0 saturated carbocycles. The monoisotopic (exact) mass is 198 g/mol. The summed E-state index contributed by atoms with van der Waals surface area (Å²) < 4.78 is 0. The van der Waals surface area contributed by atoms with Gasteiger partial charge in [-0.15, -0.1) is 0 Å². The van der Waals surface area contributed by atoms with Crippen LogP contribution in [0, 0.1) is 27.7 Å². The van der Waals surface area contributed by atoms with Crippen molar-refractivity contribution in [1.29, 1.82) is 0 Å². The van der Waals surface area contributed by atoms with E-state index in [0.29, 0.717) is 0 Å². The molecule has 72 valence electrons. The average Bonchev–Trinajstić information content (AvgIpc) is 2.13. The maximum absolute atomic E-state index is 9.18. The van der Waals surface area contributed by atoms with Gasteiger partial charge in [-0.05, 0) is 55.5 Å². The van der Waals surface area contributed by atoms with Crippen LogP contribution >= 0.6 is 11.6 Å². The van der Waals surface area contributed by atoms with Crippen LogP contribution in [0.25, 0.3) is 0 Å². The van der Waals surface area contributed by atoms with Gasteiger partial charge in [0.2, 0.25) is 0 Å². The van der Waals surface area contributed by atoms with Crippen molar-refractivity contribution in [3.63, 3.8) is 0 Å². The van der Waals surface area contributed by atoms with Crippen molar-refractivity contribution in [3.05, 3.63) is 32.8 Å². The van der Waals surface area contributed by atoms with E-state index in [1.54, 1.807) is 0 Å². The van der Waals surface area contributed by atoms with E-state index in [1.165, 1.54) is 5.56 Å². The minimum Gasteiger partial charge on any atom is -0.392 e. The van der Waals surface area contributed by atoms with E-state index in [9.17, 15) is 5.11 Å². The highest BCUT2D eigenvalue weighted by atomic mass is 35.5. The van der Waals surface area contributed by atoms with Gasteiger partial charge in [-0.25, -0.2) is 0 Å². The van der Waals surface area contributed by atoms with Crippen molar-refractivity contribution in [3.8, 4) is 0 Å². The van der Waals surface area contributed by atoms with Crippen LogP contribution in [0.2, 0.25) is 5.02 Å². The topological polar surface area (TPSA) is 20.2 Å². The Morgan fingerprint density at radius 3 is 1.92 bits per heavy atom. The first-order valence-electron chi connectivity index (χ1n) is 4.36. The number of hydrogen-bond donors (Lipinski definition) is 1. The molecule has 2 heteroatoms. The van der Waals surface area contributed by atoms with E-state index in [1.807, 2.05) is 27.7 Å². The van der Waals surface area contributed by atoms with Crippen LogP contribution in [0.1, 0.15) is 27.8 Å². The van der Waals surface area contributed by atoms with Gasteiger partial charge in [0.25, 0.3) is 0 Å². The third-order valence-electron chi connectivity index (χ3n) is 2.85. The third-order valence-corrected chi connectivity index (χ3v) is 3.41. The lowest BCUT2D eigenvalue weighted by atomic mass is 9.95. The molecule has 1 nitrogen and oxygen atoms in total. The number of halogens is 1. The van der Waals surface area contributed by atoms with Crippen molar-refractivity contribution in [2.24, 2.45) is 0 Å². The zero-order chi connectivity index (χ0) is 10.2. The van der Waals surface area contributed by atoms with Crippen LogP contribution in [0.5, 0.6) is 0 Å². The molecule has 0 atom stereocenters. The van der Waals surface area contributed by atoms with Gasteiger partial charge in [-0.1, -0.05) is 11.6 Å². The molecular weight excluding hydrogens is 184 g/mol. The second kappa shape index (κ2) is 3.69. The summed E-state index contributed by atoms with van der Waals surface area (Å²) in [4.78, 5) is 0. The van der Waals surface area contributed by atoms with Gasteiger partial charge >= 0.3 is 0 Å². The fourth-order valence-electron chi connectivity index (χ4n) is 1.60. The average molecular weight is 199 g/mol. The van der Waals surface area contributed by atoms with Crippen LogP contribution in [-0.2, 0) is 6.61 Å². The van der Waals surface area contributed by atoms with Gasteiger partial charge in [0.15, 0.2) is 0 Å². The van der Waals surface area contributed by atoms with Crippen LogP contribution in [0.4, 0.5) is 0 Å². The fourth-order valence-corrected chi connectivity index (χ4v) is 1.86. The highest BCUT2D eigenvalue weighted by molar-refractivity contribution is 6.32. The molecule has 0 aliphatic carbocycles. The van der Waals surface area contributed by atoms with Crippen LogP contribution in [-0.4, -0.2) is 5.11 Å². The van der Waals surface area contributed by atoms with Gasteiger partial charge < -0.3 is 5.11 Å². The van der Waals surface area contributed by atoms with E-state index >= 15 is 0 Å². The molecule has 0 aliphatic heterocycles. The molecule has 1 rings (SSSR count). The number of aliphatic hydroxyl groups is 1. The molecule has 0 aliphatic rings. The van der Waals surface area contributed by atoms with Crippen molar-refractivity contribution in [1.82, 2.24) is 0 Å². The number of benzene rings is 1. The van der Waals surface area contributed by atoms with Crippen molar-refractivity contribution in [2.45, 2.75) is 34.3 Å². The first-order valence-corrected chi connectivity index (χ1v) is 4.74. The molecule has 0 bridgehead atoms. The molecule has 0 amide bonds. The maximum Gasteiger partial charge on any atom is 0.0687 e. The molecule has 0 radical (unpaired) electrons. The Bertz CT molecular complexity index is 313. The molecule has 0 unspecified atom stereocenters. The predicted octanol–water partition coefficient (Wildman–Crippen LogP) is 3.07. The molecule has 13 heavy (non-hydrogen) atoms. The van der Waals surface area contributed by atoms with Gasteiger partial charge in [-0.3, -0.25) is 0 Å². The standard InChI is InChI=1S/C11H15ClO/c1-6-7(2)10(5-13)9(4)11(12)8(6)3/h13H,5H2,1-4H3. The molecule has 0 heterocycles. The van der Waals surface area contributed by atoms with E-state index < -0.39 is 0 Å². The van der Waals surface area contributed by atoms with E-state index in [0.717, 1.165) is 27.3 Å². The smallest absolute Gasteiger partial charge is 0.0687 e. The molecule has 1 aromatic carbocycles. The molecule has 0 saturated heterocycles. The highest BCUT2D eigenvalue weighted by Crippen LogP contribution is 2.29. The van der Waals surface area contributed by atoms with Crippen molar-refractivity contribution in [2.75, 3.05) is 0 Å². The van der Waals surface area contributed by atoms with E-state index in [4.69, 9.17) is 11.6 Å². The lowest BCUT2D eigenvalue weighted by molar-refractivity contribution is 0.280. The maximum atomic E-state index is 9.18. The number of rotatable bonds is 1. The van der Waals surface area contributed by atoms with Crippen LogP contribution in [0.15, 0.2) is 0 Å². The Morgan fingerprint density at radius 2 is 1.46 bits per heavy atom. The zero-order valence-corrected chi connectivity index (χ0v) is 9.29. The largest absolute Gasteiger partial charge is 0.392 e. The van der Waals surface area contributed by atoms with E-state index in [-0.39, 0.29) is 6.61 Å². The Morgan fingerprint density at radius 1 is 0.923 bits per heavy atom. The third kappa shape index (κ3) is 1.59. The van der Waals surface area contributed by atoms with Gasteiger partial charge in [0.05, 0.1) is 6.61 Å². The summed E-state index contributed by atoms with van der Waals surface area (Å²) in [6.07, 6.45) is 0. The summed E-state index contributed by atoms with van der Waals surface area (Å²) in [5, 5.41) is 9.96. The summed E-state index contributed by atoms with van der Waals surface area (Å²) in [6, 6.07) is 0. The molecule has 0 spiro atoms. The SMILES string of the molecule is Cc1c(C)c(Cl)c(C)c(CO)c1C. The summed E-state index contributed by atoms with van der Waals surface area (Å²) in [7, 11) is 0. The molecule has 0 aromatic heterocycles. The minimum absolute atomic E-state index is 0.0680. The number of hydrogen-bond acceptors (Lipinski definition) is 1. The van der Waals surface area contributed by atoms with Crippen LogP contribution < -0.4 is 0 Å². The Labute approximate surface area is 84.4 Å². The molecule has 1 N–H and O–H groups in total. The normalized spacial score (nSPS) is 10.6. The minimum atomic E-state index is 0.0680.